The molecule has 2 N–H and O–H groups in total. The van der Waals surface area contributed by atoms with E-state index in [9.17, 15) is 15.2 Å². The van der Waals surface area contributed by atoms with Gasteiger partial charge in [0.25, 0.3) is 0 Å². The first-order chi connectivity index (χ1) is 9.47. The number of para-hydroxylation sites is 1. The summed E-state index contributed by atoms with van der Waals surface area (Å²) >= 11 is 0. The molecule has 1 rings (SSSR count). The van der Waals surface area contributed by atoms with Crippen LogP contribution in [0.4, 0.5) is 11.4 Å². The topological polar surface area (TPSA) is 84.6 Å². The van der Waals surface area contributed by atoms with Crippen molar-refractivity contribution in [3.63, 3.8) is 0 Å². The van der Waals surface area contributed by atoms with Crippen LogP contribution < -0.4 is 10.1 Å². The number of benzene rings is 1. The summed E-state index contributed by atoms with van der Waals surface area (Å²) in [6.07, 6.45) is 1.16. The van der Waals surface area contributed by atoms with E-state index in [1.54, 1.807) is 25.1 Å². The summed E-state index contributed by atoms with van der Waals surface area (Å²) in [6, 6.07) is 4.88. The quantitative estimate of drug-likeness (QED) is 0.565. The molecular formula is C14H22N2O4. The van der Waals surface area contributed by atoms with E-state index >= 15 is 0 Å². The van der Waals surface area contributed by atoms with Gasteiger partial charge < -0.3 is 15.2 Å². The van der Waals surface area contributed by atoms with Crippen LogP contribution in [-0.2, 0) is 0 Å². The first kappa shape index (κ1) is 16.2. The van der Waals surface area contributed by atoms with Gasteiger partial charge >= 0.3 is 5.69 Å². The van der Waals surface area contributed by atoms with Gasteiger partial charge in [0.05, 0.1) is 17.1 Å². The Morgan fingerprint density at radius 3 is 2.50 bits per heavy atom. The van der Waals surface area contributed by atoms with Gasteiger partial charge in [-0.1, -0.05) is 19.9 Å². The van der Waals surface area contributed by atoms with Crippen molar-refractivity contribution in [1.29, 1.82) is 0 Å². The van der Waals surface area contributed by atoms with Crippen LogP contribution in [0.25, 0.3) is 0 Å². The van der Waals surface area contributed by atoms with E-state index in [0.29, 0.717) is 25.1 Å². The van der Waals surface area contributed by atoms with Crippen molar-refractivity contribution < 1.29 is 14.8 Å². The molecule has 0 radical (unpaired) electrons. The van der Waals surface area contributed by atoms with Crippen LogP contribution in [0.2, 0.25) is 0 Å². The predicted molar refractivity (Wildman–Crippen MR) is 78.3 cm³/mol. The number of aliphatic hydroxyl groups is 1. The average molecular weight is 282 g/mol. The number of nitro benzene ring substituents is 1. The molecule has 0 saturated heterocycles. The van der Waals surface area contributed by atoms with Crippen molar-refractivity contribution in [3.05, 3.63) is 28.3 Å². The Morgan fingerprint density at radius 2 is 2.00 bits per heavy atom. The lowest BCUT2D eigenvalue weighted by Gasteiger charge is -2.26. The molecule has 0 saturated carbocycles. The molecule has 20 heavy (non-hydrogen) atoms. The van der Waals surface area contributed by atoms with Crippen molar-refractivity contribution >= 4 is 11.4 Å². The number of hydrogen-bond donors (Lipinski definition) is 2. The highest BCUT2D eigenvalue weighted by molar-refractivity contribution is 5.68. The van der Waals surface area contributed by atoms with Crippen LogP contribution in [0, 0.1) is 10.1 Å². The van der Waals surface area contributed by atoms with E-state index in [2.05, 4.69) is 5.32 Å². The lowest BCUT2D eigenvalue weighted by Crippen LogP contribution is -2.35. The van der Waals surface area contributed by atoms with E-state index in [1.165, 1.54) is 0 Å². The molecule has 1 aromatic carbocycles. The number of ether oxygens (including phenoxy) is 1. The first-order valence-corrected chi connectivity index (χ1v) is 6.83. The minimum atomic E-state index is -0.866. The van der Waals surface area contributed by atoms with Gasteiger partial charge in [-0.15, -0.1) is 0 Å². The fraction of sp³-hybridized carbons (Fsp3) is 0.571. The molecular weight excluding hydrogens is 260 g/mol. The Labute approximate surface area is 118 Å². The van der Waals surface area contributed by atoms with E-state index in [0.717, 1.165) is 0 Å². The van der Waals surface area contributed by atoms with E-state index in [4.69, 9.17) is 4.74 Å². The third-order valence-corrected chi connectivity index (χ3v) is 3.41. The van der Waals surface area contributed by atoms with Gasteiger partial charge in [-0.3, -0.25) is 10.1 Å². The van der Waals surface area contributed by atoms with Gasteiger partial charge in [-0.05, 0) is 31.9 Å². The van der Waals surface area contributed by atoms with Crippen molar-refractivity contribution in [2.45, 2.75) is 39.2 Å². The number of nitrogens with zero attached hydrogens (tertiary/aromatic N) is 1. The molecule has 0 spiro atoms. The van der Waals surface area contributed by atoms with Gasteiger partial charge in [0.15, 0.2) is 5.75 Å². The van der Waals surface area contributed by atoms with Gasteiger partial charge in [0.1, 0.15) is 5.69 Å². The molecule has 0 aliphatic rings. The summed E-state index contributed by atoms with van der Waals surface area (Å²) in [7, 11) is 0. The number of anilines is 1. The predicted octanol–water partition coefficient (Wildman–Crippen LogP) is 2.96. The summed E-state index contributed by atoms with van der Waals surface area (Å²) in [5.74, 6) is 0.235. The summed E-state index contributed by atoms with van der Waals surface area (Å²) in [6.45, 7) is 6.16. The zero-order valence-electron chi connectivity index (χ0n) is 12.2. The van der Waals surface area contributed by atoms with Gasteiger partial charge in [-0.2, -0.15) is 0 Å². The monoisotopic (exact) mass is 282 g/mol. The van der Waals surface area contributed by atoms with Gasteiger partial charge in [0.2, 0.25) is 0 Å². The molecule has 0 fully saturated rings. The fourth-order valence-corrected chi connectivity index (χ4v) is 1.89. The summed E-state index contributed by atoms with van der Waals surface area (Å²) in [4.78, 5) is 10.7. The smallest absolute Gasteiger partial charge is 0.333 e. The summed E-state index contributed by atoms with van der Waals surface area (Å²) in [5, 5.41) is 24.4. The largest absolute Gasteiger partial charge is 0.487 e. The molecule has 0 bridgehead atoms. The number of nitrogens with one attached hydrogen (secondary N) is 1. The molecule has 6 nitrogen and oxygen atoms in total. The van der Waals surface area contributed by atoms with E-state index in [-0.39, 0.29) is 18.0 Å². The highest BCUT2D eigenvalue weighted by Gasteiger charge is 2.25. The van der Waals surface area contributed by atoms with E-state index in [1.807, 2.05) is 13.8 Å². The minimum absolute atomic E-state index is 0.0936. The van der Waals surface area contributed by atoms with Crippen LogP contribution >= 0.6 is 0 Å². The maximum absolute atomic E-state index is 11.2. The van der Waals surface area contributed by atoms with Gasteiger partial charge in [-0.25, -0.2) is 0 Å². The highest BCUT2D eigenvalue weighted by Crippen LogP contribution is 2.35. The Kier molecular flexibility index (Phi) is 5.76. The van der Waals surface area contributed by atoms with E-state index < -0.39 is 10.5 Å². The molecule has 0 aliphatic carbocycles. The molecule has 0 unspecified atom stereocenters. The molecule has 112 valence electrons. The highest BCUT2D eigenvalue weighted by atomic mass is 16.6. The van der Waals surface area contributed by atoms with Crippen LogP contribution in [0.1, 0.15) is 33.6 Å². The SMILES string of the molecule is CCOc1cccc(NCC(O)(CC)CC)c1[N+](=O)[O-]. The lowest BCUT2D eigenvalue weighted by molar-refractivity contribution is -0.384. The number of rotatable bonds is 8. The second-order valence-corrected chi connectivity index (χ2v) is 4.63. The van der Waals surface area contributed by atoms with Crippen molar-refractivity contribution in [1.82, 2.24) is 0 Å². The average Bonchev–Trinajstić information content (AvgIpc) is 2.45. The second-order valence-electron chi connectivity index (χ2n) is 4.63. The second kappa shape index (κ2) is 7.09. The molecule has 6 heteroatoms. The van der Waals surface area contributed by atoms with Crippen LogP contribution in [0.5, 0.6) is 5.75 Å². The van der Waals surface area contributed by atoms with Crippen LogP contribution in [0.15, 0.2) is 18.2 Å². The lowest BCUT2D eigenvalue weighted by atomic mass is 9.97. The molecule has 0 aromatic heterocycles. The Morgan fingerprint density at radius 1 is 1.35 bits per heavy atom. The molecule has 0 amide bonds. The molecule has 0 atom stereocenters. The third-order valence-electron chi connectivity index (χ3n) is 3.41. The minimum Gasteiger partial charge on any atom is -0.487 e. The first-order valence-electron chi connectivity index (χ1n) is 6.83. The maximum Gasteiger partial charge on any atom is 0.333 e. The Balaban J connectivity index is 3.00. The summed E-state index contributed by atoms with van der Waals surface area (Å²) < 4.78 is 5.28. The zero-order chi connectivity index (χ0) is 15.2. The zero-order valence-corrected chi connectivity index (χ0v) is 12.2. The van der Waals surface area contributed by atoms with Gasteiger partial charge in [0, 0.05) is 6.54 Å². The Hall–Kier alpha value is -1.82. The number of nitro groups is 1. The van der Waals surface area contributed by atoms with Crippen molar-refractivity contribution in [2.75, 3.05) is 18.5 Å². The van der Waals surface area contributed by atoms with Crippen LogP contribution in [0.3, 0.4) is 0 Å². The molecule has 0 heterocycles. The summed E-state index contributed by atoms with van der Waals surface area (Å²) in [5.41, 5.74) is -0.597. The normalized spacial score (nSPS) is 11.2. The number of hydrogen-bond acceptors (Lipinski definition) is 5. The maximum atomic E-state index is 11.2. The van der Waals surface area contributed by atoms with Crippen LogP contribution in [-0.4, -0.2) is 28.8 Å². The molecule has 0 aliphatic heterocycles. The van der Waals surface area contributed by atoms with Crippen molar-refractivity contribution in [3.8, 4) is 5.75 Å². The van der Waals surface area contributed by atoms with Crippen molar-refractivity contribution in [2.24, 2.45) is 0 Å². The molecule has 1 aromatic rings. The Bertz CT molecular complexity index is 458. The fourth-order valence-electron chi connectivity index (χ4n) is 1.89. The standard InChI is InChI=1S/C14H22N2O4/c1-4-14(17,5-2)10-15-11-8-7-9-12(20-6-3)13(11)16(18)19/h7-9,15,17H,4-6,10H2,1-3H3. The third kappa shape index (κ3) is 3.84.